The van der Waals surface area contributed by atoms with Gasteiger partial charge in [-0.3, -0.25) is 0 Å². The van der Waals surface area contributed by atoms with Gasteiger partial charge in [-0.15, -0.1) is 11.3 Å². The van der Waals surface area contributed by atoms with Crippen molar-refractivity contribution in [3.05, 3.63) is 16.1 Å². The first-order chi connectivity index (χ1) is 10.0. The van der Waals surface area contributed by atoms with Crippen molar-refractivity contribution in [2.24, 2.45) is 5.41 Å². The molecule has 0 aliphatic heterocycles. The van der Waals surface area contributed by atoms with Crippen molar-refractivity contribution >= 4 is 11.3 Å². The fraction of sp³-hybridized carbons (Fsp3) is 0.824. The van der Waals surface area contributed by atoms with E-state index in [1.54, 1.807) is 11.3 Å². The largest absolute Gasteiger partial charge is 0.368 e. The monoisotopic (exact) mass is 310 g/mol. The SMILES string of the molecule is CCCNCc1csc(C2(OCC)CCC(C)(C)CC2)n1. The molecule has 0 aromatic carbocycles. The van der Waals surface area contributed by atoms with Crippen molar-refractivity contribution in [2.75, 3.05) is 13.2 Å². The van der Waals surface area contributed by atoms with Crippen LogP contribution in [0, 0.1) is 5.41 Å². The number of hydrogen-bond donors (Lipinski definition) is 1. The molecule has 0 unspecified atom stereocenters. The van der Waals surface area contributed by atoms with Crippen LogP contribution in [0.2, 0.25) is 0 Å². The zero-order valence-corrected chi connectivity index (χ0v) is 14.8. The van der Waals surface area contributed by atoms with E-state index in [0.717, 1.165) is 44.7 Å². The molecule has 1 heterocycles. The second kappa shape index (κ2) is 7.21. The molecule has 1 aliphatic carbocycles. The summed E-state index contributed by atoms with van der Waals surface area (Å²) in [5.74, 6) is 0. The van der Waals surface area contributed by atoms with Gasteiger partial charge < -0.3 is 10.1 Å². The van der Waals surface area contributed by atoms with Gasteiger partial charge in [0, 0.05) is 18.5 Å². The molecule has 1 aromatic heterocycles. The number of rotatable bonds is 7. The van der Waals surface area contributed by atoms with E-state index in [0.29, 0.717) is 5.41 Å². The molecule has 4 heteroatoms. The molecular formula is C17H30N2OS. The first-order valence-electron chi connectivity index (χ1n) is 8.31. The predicted octanol–water partition coefficient (Wildman–Crippen LogP) is 4.47. The summed E-state index contributed by atoms with van der Waals surface area (Å²) >= 11 is 1.78. The molecule has 3 nitrogen and oxygen atoms in total. The van der Waals surface area contributed by atoms with Crippen molar-refractivity contribution in [1.82, 2.24) is 10.3 Å². The molecule has 120 valence electrons. The number of ether oxygens (including phenoxy) is 1. The van der Waals surface area contributed by atoms with Crippen molar-refractivity contribution in [3.8, 4) is 0 Å². The zero-order chi connectivity index (χ0) is 15.3. The Morgan fingerprint density at radius 3 is 2.57 bits per heavy atom. The standard InChI is InChI=1S/C17H30N2OS/c1-5-11-18-12-14-13-21-15(19-14)17(20-6-2)9-7-16(3,4)8-10-17/h13,18H,5-12H2,1-4H3. The van der Waals surface area contributed by atoms with Gasteiger partial charge in [0.1, 0.15) is 10.6 Å². The van der Waals surface area contributed by atoms with Gasteiger partial charge in [-0.25, -0.2) is 4.98 Å². The second-order valence-electron chi connectivity index (χ2n) is 6.91. The molecule has 0 radical (unpaired) electrons. The summed E-state index contributed by atoms with van der Waals surface area (Å²) in [7, 11) is 0. The number of nitrogens with zero attached hydrogens (tertiary/aromatic N) is 1. The molecule has 1 N–H and O–H groups in total. The summed E-state index contributed by atoms with van der Waals surface area (Å²) < 4.78 is 6.22. The van der Waals surface area contributed by atoms with Crippen LogP contribution in [0.5, 0.6) is 0 Å². The van der Waals surface area contributed by atoms with E-state index < -0.39 is 0 Å². The summed E-state index contributed by atoms with van der Waals surface area (Å²) in [6.45, 7) is 11.7. The minimum atomic E-state index is -0.127. The topological polar surface area (TPSA) is 34.1 Å². The van der Waals surface area contributed by atoms with E-state index in [1.165, 1.54) is 17.8 Å². The molecule has 1 saturated carbocycles. The summed E-state index contributed by atoms with van der Waals surface area (Å²) in [6.07, 6.45) is 5.80. The van der Waals surface area contributed by atoms with Crippen molar-refractivity contribution in [2.45, 2.75) is 71.9 Å². The molecular weight excluding hydrogens is 280 g/mol. The fourth-order valence-corrected chi connectivity index (χ4v) is 4.05. The van der Waals surface area contributed by atoms with Gasteiger partial charge in [0.2, 0.25) is 0 Å². The molecule has 2 rings (SSSR count). The van der Waals surface area contributed by atoms with Crippen LogP contribution in [-0.2, 0) is 16.9 Å². The third-order valence-corrected chi connectivity index (χ3v) is 5.58. The maximum absolute atomic E-state index is 6.22. The van der Waals surface area contributed by atoms with E-state index >= 15 is 0 Å². The smallest absolute Gasteiger partial charge is 0.125 e. The van der Waals surface area contributed by atoms with Crippen molar-refractivity contribution in [1.29, 1.82) is 0 Å². The molecule has 1 aliphatic rings. The van der Waals surface area contributed by atoms with Crippen LogP contribution in [0.15, 0.2) is 5.38 Å². The molecule has 0 atom stereocenters. The highest BCUT2D eigenvalue weighted by molar-refractivity contribution is 7.09. The zero-order valence-electron chi connectivity index (χ0n) is 14.0. The summed E-state index contributed by atoms with van der Waals surface area (Å²) in [5.41, 5.74) is 1.48. The third kappa shape index (κ3) is 4.27. The van der Waals surface area contributed by atoms with Crippen molar-refractivity contribution < 1.29 is 4.74 Å². The molecule has 21 heavy (non-hydrogen) atoms. The Labute approximate surface area is 133 Å². The molecule has 0 spiro atoms. The number of thiazole rings is 1. The van der Waals surface area contributed by atoms with Gasteiger partial charge in [0.25, 0.3) is 0 Å². The van der Waals surface area contributed by atoms with Gasteiger partial charge in [0.05, 0.1) is 5.69 Å². The van der Waals surface area contributed by atoms with E-state index in [1.807, 2.05) is 0 Å². The van der Waals surface area contributed by atoms with Crippen LogP contribution in [-0.4, -0.2) is 18.1 Å². The second-order valence-corrected chi connectivity index (χ2v) is 7.77. The number of aromatic nitrogens is 1. The van der Waals surface area contributed by atoms with Gasteiger partial charge in [-0.2, -0.15) is 0 Å². The lowest BCUT2D eigenvalue weighted by molar-refractivity contribution is -0.0891. The third-order valence-electron chi connectivity index (χ3n) is 4.51. The Morgan fingerprint density at radius 1 is 1.24 bits per heavy atom. The van der Waals surface area contributed by atoms with Crippen LogP contribution < -0.4 is 5.32 Å². The fourth-order valence-electron chi connectivity index (χ4n) is 3.02. The Hall–Kier alpha value is -0.450. The Bertz CT molecular complexity index is 432. The van der Waals surface area contributed by atoms with Crippen LogP contribution in [0.3, 0.4) is 0 Å². The first kappa shape index (κ1) is 16.9. The lowest BCUT2D eigenvalue weighted by Gasteiger charge is -2.42. The van der Waals surface area contributed by atoms with Gasteiger partial charge in [-0.1, -0.05) is 20.8 Å². The normalized spacial score (nSPS) is 20.6. The van der Waals surface area contributed by atoms with E-state index in [9.17, 15) is 0 Å². The minimum absolute atomic E-state index is 0.127. The van der Waals surface area contributed by atoms with E-state index in [2.05, 4.69) is 38.4 Å². The average molecular weight is 311 g/mol. The van der Waals surface area contributed by atoms with Crippen LogP contribution in [0.4, 0.5) is 0 Å². The van der Waals surface area contributed by atoms with Crippen LogP contribution in [0.25, 0.3) is 0 Å². The molecule has 0 bridgehead atoms. The lowest BCUT2D eigenvalue weighted by Crippen LogP contribution is -2.37. The van der Waals surface area contributed by atoms with E-state index in [-0.39, 0.29) is 5.60 Å². The quantitative estimate of drug-likeness (QED) is 0.754. The Kier molecular flexibility index (Phi) is 5.81. The number of hydrogen-bond acceptors (Lipinski definition) is 4. The van der Waals surface area contributed by atoms with Gasteiger partial charge in [0.15, 0.2) is 0 Å². The summed E-state index contributed by atoms with van der Waals surface area (Å²) in [4.78, 5) is 4.88. The van der Waals surface area contributed by atoms with Crippen molar-refractivity contribution in [3.63, 3.8) is 0 Å². The molecule has 0 amide bonds. The first-order valence-corrected chi connectivity index (χ1v) is 9.19. The highest BCUT2D eigenvalue weighted by Gasteiger charge is 2.42. The highest BCUT2D eigenvalue weighted by Crippen LogP contribution is 2.48. The minimum Gasteiger partial charge on any atom is -0.368 e. The lowest BCUT2D eigenvalue weighted by atomic mass is 9.71. The predicted molar refractivity (Wildman–Crippen MR) is 89.7 cm³/mol. The molecule has 1 fully saturated rings. The Morgan fingerprint density at radius 2 is 1.95 bits per heavy atom. The Balaban J connectivity index is 2.08. The maximum Gasteiger partial charge on any atom is 0.125 e. The highest BCUT2D eigenvalue weighted by atomic mass is 32.1. The molecule has 0 saturated heterocycles. The maximum atomic E-state index is 6.22. The van der Waals surface area contributed by atoms with E-state index in [4.69, 9.17) is 9.72 Å². The van der Waals surface area contributed by atoms with Gasteiger partial charge >= 0.3 is 0 Å². The summed E-state index contributed by atoms with van der Waals surface area (Å²) in [6, 6.07) is 0. The van der Waals surface area contributed by atoms with Crippen LogP contribution in [0.1, 0.15) is 70.5 Å². The number of nitrogens with one attached hydrogen (secondary N) is 1. The average Bonchev–Trinajstić information content (AvgIpc) is 2.91. The summed E-state index contributed by atoms with van der Waals surface area (Å²) in [5, 5.41) is 6.81. The van der Waals surface area contributed by atoms with Gasteiger partial charge in [-0.05, 0) is 51.0 Å². The molecule has 1 aromatic rings. The van der Waals surface area contributed by atoms with Crippen LogP contribution >= 0.6 is 11.3 Å².